The van der Waals surface area contributed by atoms with E-state index in [0.717, 1.165) is 0 Å². The highest BCUT2D eigenvalue weighted by Gasteiger charge is 2.14. The van der Waals surface area contributed by atoms with Gasteiger partial charge in [-0.25, -0.2) is 4.79 Å². The summed E-state index contributed by atoms with van der Waals surface area (Å²) in [6, 6.07) is -0.0822. The fraction of sp³-hybridized carbons (Fsp3) is 0.714. The van der Waals surface area contributed by atoms with Crippen LogP contribution in [0.2, 0.25) is 0 Å². The maximum atomic E-state index is 11.1. The first-order chi connectivity index (χ1) is 5.49. The molecule has 0 saturated carbocycles. The molecule has 4 nitrogen and oxygen atoms in total. The van der Waals surface area contributed by atoms with Crippen molar-refractivity contribution >= 4 is 23.2 Å². The molecule has 0 spiro atoms. The number of hydrogen-bond acceptors (Lipinski definition) is 2. The minimum Gasteiger partial charge on any atom is -0.393 e. The van der Waals surface area contributed by atoms with E-state index in [2.05, 4.69) is 5.32 Å². The fourth-order valence-corrected chi connectivity index (χ4v) is 1.05. The van der Waals surface area contributed by atoms with Gasteiger partial charge in [0.2, 0.25) is 0 Å². The Morgan fingerprint density at radius 1 is 1.75 bits per heavy atom. The molecular formula is C7H15N3OS. The summed E-state index contributed by atoms with van der Waals surface area (Å²) < 4.78 is 0. The molecule has 1 unspecified atom stereocenters. The molecule has 0 saturated heterocycles. The zero-order valence-corrected chi connectivity index (χ0v) is 8.44. The lowest BCUT2D eigenvalue weighted by atomic mass is 10.2. The maximum Gasteiger partial charge on any atom is 0.317 e. The highest BCUT2D eigenvalue weighted by molar-refractivity contribution is 7.80. The summed E-state index contributed by atoms with van der Waals surface area (Å²) in [6.07, 6.45) is 0.555. The normalized spacial score (nSPS) is 11.9. The molecule has 0 aliphatic heterocycles. The minimum atomic E-state index is -0.126. The van der Waals surface area contributed by atoms with Crippen molar-refractivity contribution in [2.75, 3.05) is 14.1 Å². The largest absolute Gasteiger partial charge is 0.393 e. The molecule has 3 N–H and O–H groups in total. The molecule has 0 aromatic carbocycles. The van der Waals surface area contributed by atoms with Gasteiger partial charge < -0.3 is 16.0 Å². The molecule has 5 heteroatoms. The molecule has 0 aliphatic rings. The molecule has 2 amide bonds. The van der Waals surface area contributed by atoms with Crippen molar-refractivity contribution in [3.05, 3.63) is 0 Å². The van der Waals surface area contributed by atoms with Crippen LogP contribution in [0.1, 0.15) is 13.3 Å². The first kappa shape index (κ1) is 11.2. The van der Waals surface area contributed by atoms with Crippen molar-refractivity contribution in [3.63, 3.8) is 0 Å². The van der Waals surface area contributed by atoms with Crippen LogP contribution in [0.15, 0.2) is 0 Å². The number of hydrogen-bond donors (Lipinski definition) is 2. The number of carbonyl (C=O) groups excluding carboxylic acids is 1. The minimum absolute atomic E-state index is 0.0439. The summed E-state index contributed by atoms with van der Waals surface area (Å²) in [4.78, 5) is 13.1. The first-order valence-corrected chi connectivity index (χ1v) is 4.12. The van der Waals surface area contributed by atoms with E-state index in [4.69, 9.17) is 18.0 Å². The molecule has 12 heavy (non-hydrogen) atoms. The van der Waals surface area contributed by atoms with E-state index in [1.54, 1.807) is 19.0 Å². The molecule has 0 aromatic heterocycles. The van der Waals surface area contributed by atoms with E-state index in [0.29, 0.717) is 11.4 Å². The number of thiocarbonyl (C=S) groups is 1. The van der Waals surface area contributed by atoms with E-state index in [1.165, 1.54) is 0 Å². The van der Waals surface area contributed by atoms with Gasteiger partial charge in [0.05, 0.1) is 4.99 Å². The van der Waals surface area contributed by atoms with Gasteiger partial charge in [-0.2, -0.15) is 0 Å². The molecule has 0 rings (SSSR count). The molecule has 0 bridgehead atoms. The van der Waals surface area contributed by atoms with Crippen LogP contribution >= 0.6 is 12.2 Å². The Morgan fingerprint density at radius 2 is 2.25 bits per heavy atom. The predicted octanol–water partition coefficient (Wildman–Crippen LogP) is 0.322. The highest BCUT2D eigenvalue weighted by atomic mass is 32.1. The van der Waals surface area contributed by atoms with Crippen LogP contribution in [0.4, 0.5) is 4.79 Å². The second kappa shape index (κ2) is 4.92. The summed E-state index contributed by atoms with van der Waals surface area (Å²) in [5.41, 5.74) is 5.35. The van der Waals surface area contributed by atoms with Gasteiger partial charge >= 0.3 is 6.03 Å². The van der Waals surface area contributed by atoms with Crippen LogP contribution in [0, 0.1) is 0 Å². The lowest BCUT2D eigenvalue weighted by Gasteiger charge is -2.23. The van der Waals surface area contributed by atoms with Gasteiger partial charge in [-0.3, -0.25) is 0 Å². The quantitative estimate of drug-likeness (QED) is 0.629. The number of nitrogens with two attached hydrogens (primary N) is 1. The molecule has 1 atom stereocenters. The van der Waals surface area contributed by atoms with Crippen LogP contribution < -0.4 is 11.1 Å². The molecule has 0 fully saturated rings. The Labute approximate surface area is 78.1 Å². The van der Waals surface area contributed by atoms with E-state index in [1.807, 2.05) is 6.92 Å². The smallest absolute Gasteiger partial charge is 0.317 e. The third kappa shape index (κ3) is 3.52. The van der Waals surface area contributed by atoms with Crippen molar-refractivity contribution in [1.29, 1.82) is 0 Å². The van der Waals surface area contributed by atoms with E-state index >= 15 is 0 Å². The SMILES string of the molecule is CNC(=O)N(C)C(C)CC(N)=S. The average molecular weight is 189 g/mol. The van der Waals surface area contributed by atoms with Crippen LogP contribution in [-0.2, 0) is 0 Å². The van der Waals surface area contributed by atoms with Gasteiger partial charge in [0.25, 0.3) is 0 Å². The Bertz CT molecular complexity index is 183. The standard InChI is InChI=1S/C7H15N3OS/c1-5(4-6(8)12)10(3)7(11)9-2/h5H,4H2,1-3H3,(H2,8,12)(H,9,11). The van der Waals surface area contributed by atoms with Crippen molar-refractivity contribution in [2.45, 2.75) is 19.4 Å². The molecule has 0 heterocycles. The van der Waals surface area contributed by atoms with Crippen molar-refractivity contribution in [2.24, 2.45) is 5.73 Å². The van der Waals surface area contributed by atoms with Crippen LogP contribution in [0.5, 0.6) is 0 Å². The molecule has 0 aliphatic carbocycles. The van der Waals surface area contributed by atoms with Crippen molar-refractivity contribution in [3.8, 4) is 0 Å². The van der Waals surface area contributed by atoms with E-state index in [9.17, 15) is 4.79 Å². The summed E-state index contributed by atoms with van der Waals surface area (Å²) >= 11 is 4.73. The topological polar surface area (TPSA) is 58.4 Å². The first-order valence-electron chi connectivity index (χ1n) is 3.72. The maximum absolute atomic E-state index is 11.1. The lowest BCUT2D eigenvalue weighted by molar-refractivity contribution is 0.197. The van der Waals surface area contributed by atoms with Gasteiger partial charge in [-0.1, -0.05) is 12.2 Å². The Hall–Kier alpha value is -0.840. The highest BCUT2D eigenvalue weighted by Crippen LogP contribution is 2.00. The predicted molar refractivity (Wildman–Crippen MR) is 53.1 cm³/mol. The van der Waals surface area contributed by atoms with Crippen LogP contribution in [0.3, 0.4) is 0 Å². The van der Waals surface area contributed by atoms with Gasteiger partial charge in [0.1, 0.15) is 0 Å². The number of nitrogens with zero attached hydrogens (tertiary/aromatic N) is 1. The Morgan fingerprint density at radius 3 is 2.58 bits per heavy atom. The second-order valence-electron chi connectivity index (χ2n) is 2.69. The van der Waals surface area contributed by atoms with Crippen molar-refractivity contribution in [1.82, 2.24) is 10.2 Å². The van der Waals surface area contributed by atoms with Crippen LogP contribution in [-0.4, -0.2) is 36.1 Å². The summed E-state index contributed by atoms with van der Waals surface area (Å²) in [5.74, 6) is 0. The monoisotopic (exact) mass is 189 g/mol. The second-order valence-corrected chi connectivity index (χ2v) is 3.21. The molecular weight excluding hydrogens is 174 g/mol. The number of rotatable bonds is 3. The van der Waals surface area contributed by atoms with E-state index < -0.39 is 0 Å². The zero-order valence-electron chi connectivity index (χ0n) is 7.63. The van der Waals surface area contributed by atoms with Gasteiger partial charge in [0.15, 0.2) is 0 Å². The Balaban J connectivity index is 4.00. The van der Waals surface area contributed by atoms with Crippen molar-refractivity contribution < 1.29 is 4.79 Å². The fourth-order valence-electron chi connectivity index (χ4n) is 0.805. The third-order valence-corrected chi connectivity index (χ3v) is 1.86. The molecule has 0 aromatic rings. The van der Waals surface area contributed by atoms with Gasteiger partial charge in [0, 0.05) is 26.6 Å². The average Bonchev–Trinajstić information content (AvgIpc) is 2.00. The number of urea groups is 1. The third-order valence-electron chi connectivity index (χ3n) is 1.69. The number of carbonyl (C=O) groups is 1. The lowest BCUT2D eigenvalue weighted by Crippen LogP contribution is -2.42. The van der Waals surface area contributed by atoms with Gasteiger partial charge in [-0.15, -0.1) is 0 Å². The van der Waals surface area contributed by atoms with E-state index in [-0.39, 0.29) is 12.1 Å². The number of amides is 2. The zero-order chi connectivity index (χ0) is 9.72. The van der Waals surface area contributed by atoms with Crippen LogP contribution in [0.25, 0.3) is 0 Å². The number of nitrogens with one attached hydrogen (secondary N) is 1. The summed E-state index contributed by atoms with van der Waals surface area (Å²) in [5, 5.41) is 2.52. The summed E-state index contributed by atoms with van der Waals surface area (Å²) in [7, 11) is 3.30. The molecule has 0 radical (unpaired) electrons. The Kier molecular flexibility index (Phi) is 4.58. The molecule has 70 valence electrons. The van der Waals surface area contributed by atoms with Gasteiger partial charge in [-0.05, 0) is 6.92 Å². The summed E-state index contributed by atoms with van der Waals surface area (Å²) in [6.45, 7) is 1.90.